The van der Waals surface area contributed by atoms with Gasteiger partial charge in [-0.05, 0) is 42.3 Å². The van der Waals surface area contributed by atoms with Crippen molar-refractivity contribution in [2.24, 2.45) is 0 Å². The molecule has 0 saturated carbocycles. The van der Waals surface area contributed by atoms with Gasteiger partial charge < -0.3 is 16.0 Å². The van der Waals surface area contributed by atoms with Crippen LogP contribution in [-0.2, 0) is 11.3 Å². The average molecular weight is 527 g/mol. The molecule has 36 heavy (non-hydrogen) atoms. The summed E-state index contributed by atoms with van der Waals surface area (Å²) >= 11 is 12.2. The maximum atomic E-state index is 12.9. The summed E-state index contributed by atoms with van der Waals surface area (Å²) in [6.07, 6.45) is 3.37. The Morgan fingerprint density at radius 1 is 1.08 bits per heavy atom. The Kier molecular flexibility index (Phi) is 8.04. The molecule has 3 aromatic rings. The first-order valence-electron chi connectivity index (χ1n) is 11.2. The molecule has 1 saturated heterocycles. The van der Waals surface area contributed by atoms with E-state index in [0.29, 0.717) is 18.8 Å². The van der Waals surface area contributed by atoms with Crippen LogP contribution in [0.2, 0.25) is 10.0 Å². The predicted octanol–water partition coefficient (Wildman–Crippen LogP) is 4.10. The van der Waals surface area contributed by atoms with Gasteiger partial charge in [0.1, 0.15) is 5.69 Å². The number of amides is 3. The van der Waals surface area contributed by atoms with Crippen molar-refractivity contribution in [3.05, 3.63) is 88.2 Å². The Morgan fingerprint density at radius 2 is 1.81 bits per heavy atom. The smallest absolute Gasteiger partial charge is 0.271 e. The molecule has 3 amide bonds. The van der Waals surface area contributed by atoms with E-state index in [-0.39, 0.29) is 44.8 Å². The Labute approximate surface area is 217 Å². The quantitative estimate of drug-likeness (QED) is 0.329. The van der Waals surface area contributed by atoms with Crippen LogP contribution < -0.4 is 16.0 Å². The van der Waals surface area contributed by atoms with Crippen LogP contribution in [0, 0.1) is 0 Å². The van der Waals surface area contributed by atoms with Crippen molar-refractivity contribution in [1.82, 2.24) is 20.4 Å². The minimum absolute atomic E-state index is 0.0616. The summed E-state index contributed by atoms with van der Waals surface area (Å²) in [7, 11) is 0. The molecule has 1 fully saturated rings. The lowest BCUT2D eigenvalue weighted by Gasteiger charge is -2.17. The van der Waals surface area contributed by atoms with Gasteiger partial charge in [-0.3, -0.25) is 24.4 Å². The van der Waals surface area contributed by atoms with Crippen LogP contribution >= 0.6 is 23.2 Å². The normalized spacial score (nSPS) is 15.3. The molecule has 11 heteroatoms. The number of rotatable bonds is 8. The zero-order chi connectivity index (χ0) is 25.7. The first-order valence-corrected chi connectivity index (χ1v) is 11.9. The van der Waals surface area contributed by atoms with Crippen molar-refractivity contribution in [3.63, 3.8) is 0 Å². The van der Waals surface area contributed by atoms with E-state index in [1.54, 1.807) is 18.2 Å². The number of anilines is 2. The zero-order valence-electron chi connectivity index (χ0n) is 19.2. The van der Waals surface area contributed by atoms with E-state index in [9.17, 15) is 14.4 Å². The summed E-state index contributed by atoms with van der Waals surface area (Å²) in [5.74, 6) is -1.17. The molecule has 9 nitrogen and oxygen atoms in total. The van der Waals surface area contributed by atoms with Gasteiger partial charge in [-0.2, -0.15) is 5.10 Å². The summed E-state index contributed by atoms with van der Waals surface area (Å²) in [4.78, 5) is 39.2. The minimum Gasteiger partial charge on any atom is -0.347 e. The number of halogens is 2. The molecule has 0 bridgehead atoms. The molecule has 0 aliphatic carbocycles. The Hall–Kier alpha value is -3.66. The Balaban J connectivity index is 1.32. The summed E-state index contributed by atoms with van der Waals surface area (Å²) in [6.45, 7) is 5.64. The largest absolute Gasteiger partial charge is 0.347 e. The zero-order valence-corrected chi connectivity index (χ0v) is 20.7. The first kappa shape index (κ1) is 25.4. The van der Waals surface area contributed by atoms with Crippen LogP contribution in [0.3, 0.4) is 0 Å². The van der Waals surface area contributed by atoms with Gasteiger partial charge in [0.2, 0.25) is 5.91 Å². The SMILES string of the molecule is C=CC(=O)Nc1ccc(CN2CCC(NC(=O)c3[nH]ncc3NC(=O)c3c(Cl)cccc3Cl)C2)cc1. The van der Waals surface area contributed by atoms with Crippen molar-refractivity contribution in [2.75, 3.05) is 23.7 Å². The number of nitrogens with zero attached hydrogens (tertiary/aromatic N) is 2. The molecule has 4 N–H and O–H groups in total. The van der Waals surface area contributed by atoms with E-state index in [1.807, 2.05) is 24.3 Å². The van der Waals surface area contributed by atoms with Gasteiger partial charge in [-0.1, -0.05) is 48.0 Å². The van der Waals surface area contributed by atoms with Crippen LogP contribution in [0.25, 0.3) is 0 Å². The summed E-state index contributed by atoms with van der Waals surface area (Å²) in [5, 5.41) is 15.3. The van der Waals surface area contributed by atoms with Crippen molar-refractivity contribution < 1.29 is 14.4 Å². The Morgan fingerprint density at radius 3 is 2.50 bits per heavy atom. The molecule has 2 aromatic carbocycles. The molecule has 0 radical (unpaired) electrons. The van der Waals surface area contributed by atoms with Crippen LogP contribution in [0.5, 0.6) is 0 Å². The van der Waals surface area contributed by atoms with Gasteiger partial charge in [-0.25, -0.2) is 0 Å². The number of hydrogen-bond donors (Lipinski definition) is 4. The fourth-order valence-corrected chi connectivity index (χ4v) is 4.52. The maximum absolute atomic E-state index is 12.9. The highest BCUT2D eigenvalue weighted by Gasteiger charge is 2.26. The van der Waals surface area contributed by atoms with Gasteiger partial charge in [-0.15, -0.1) is 0 Å². The minimum atomic E-state index is -0.539. The molecule has 1 aliphatic rings. The fraction of sp³-hybridized carbons (Fsp3) is 0.200. The number of nitrogens with one attached hydrogen (secondary N) is 4. The molecule has 1 unspecified atom stereocenters. The second-order valence-corrected chi connectivity index (χ2v) is 9.11. The third-order valence-electron chi connectivity index (χ3n) is 5.73. The van der Waals surface area contributed by atoms with E-state index < -0.39 is 5.91 Å². The first-order chi connectivity index (χ1) is 17.3. The average Bonchev–Trinajstić information content (AvgIpc) is 3.49. The van der Waals surface area contributed by atoms with E-state index in [2.05, 4.69) is 37.6 Å². The van der Waals surface area contributed by atoms with Crippen LogP contribution in [0.15, 0.2) is 61.3 Å². The van der Waals surface area contributed by atoms with Crippen molar-refractivity contribution in [1.29, 1.82) is 0 Å². The van der Waals surface area contributed by atoms with Crippen LogP contribution in [0.4, 0.5) is 11.4 Å². The van der Waals surface area contributed by atoms with Crippen molar-refractivity contribution in [3.8, 4) is 0 Å². The second-order valence-electron chi connectivity index (χ2n) is 8.29. The number of likely N-dealkylation sites (tertiary alicyclic amines) is 1. The Bertz CT molecular complexity index is 1270. The van der Waals surface area contributed by atoms with Gasteiger partial charge in [0, 0.05) is 31.4 Å². The third-order valence-corrected chi connectivity index (χ3v) is 6.36. The van der Waals surface area contributed by atoms with E-state index in [4.69, 9.17) is 23.2 Å². The topological polar surface area (TPSA) is 119 Å². The molecule has 1 aliphatic heterocycles. The fourth-order valence-electron chi connectivity index (χ4n) is 3.95. The maximum Gasteiger partial charge on any atom is 0.271 e. The molecule has 1 aromatic heterocycles. The molecule has 1 atom stereocenters. The van der Waals surface area contributed by atoms with Crippen molar-refractivity contribution >= 4 is 52.3 Å². The lowest BCUT2D eigenvalue weighted by molar-refractivity contribution is -0.111. The number of carbonyl (C=O) groups is 3. The number of aromatic amines is 1. The number of aromatic nitrogens is 2. The van der Waals surface area contributed by atoms with Crippen molar-refractivity contribution in [2.45, 2.75) is 19.0 Å². The highest BCUT2D eigenvalue weighted by Crippen LogP contribution is 2.26. The molecule has 0 spiro atoms. The highest BCUT2D eigenvalue weighted by atomic mass is 35.5. The predicted molar refractivity (Wildman–Crippen MR) is 139 cm³/mol. The monoisotopic (exact) mass is 526 g/mol. The molecule has 186 valence electrons. The second kappa shape index (κ2) is 11.4. The van der Waals surface area contributed by atoms with E-state index in [0.717, 1.165) is 18.5 Å². The number of H-pyrrole nitrogens is 1. The summed E-state index contributed by atoms with van der Waals surface area (Å²) in [5.41, 5.74) is 2.29. The van der Waals surface area contributed by atoms with Gasteiger partial charge in [0.25, 0.3) is 11.8 Å². The van der Waals surface area contributed by atoms with E-state index in [1.165, 1.54) is 12.3 Å². The molecular formula is C25H24Cl2N6O3. The lowest BCUT2D eigenvalue weighted by Crippen LogP contribution is -2.37. The van der Waals surface area contributed by atoms with Gasteiger partial charge in [0.05, 0.1) is 27.5 Å². The number of carbonyl (C=O) groups excluding carboxylic acids is 3. The third kappa shape index (κ3) is 6.12. The van der Waals surface area contributed by atoms with Crippen LogP contribution in [-0.4, -0.2) is 52.0 Å². The van der Waals surface area contributed by atoms with Crippen LogP contribution in [0.1, 0.15) is 32.8 Å². The number of benzene rings is 2. The number of hydrogen-bond acceptors (Lipinski definition) is 5. The summed E-state index contributed by atoms with van der Waals surface area (Å²) in [6, 6.07) is 12.3. The molecular weight excluding hydrogens is 503 g/mol. The van der Waals surface area contributed by atoms with Gasteiger partial charge in [0.15, 0.2) is 0 Å². The molecule has 4 rings (SSSR count). The summed E-state index contributed by atoms with van der Waals surface area (Å²) < 4.78 is 0. The van der Waals surface area contributed by atoms with Gasteiger partial charge >= 0.3 is 0 Å². The standard InChI is InChI=1S/C25H24Cl2N6O3/c1-2-21(34)29-16-8-6-15(7-9-16)13-33-11-10-17(14-33)30-25(36)23-20(12-28-32-23)31-24(35)22-18(26)4-3-5-19(22)27/h2-9,12,17H,1,10-11,13-14H2,(H,28,32)(H,29,34)(H,30,36)(H,31,35). The van der Waals surface area contributed by atoms with E-state index >= 15 is 0 Å². The highest BCUT2D eigenvalue weighted by molar-refractivity contribution is 6.40. The molecule has 2 heterocycles. The lowest BCUT2D eigenvalue weighted by atomic mass is 10.2.